The molecule has 31 heavy (non-hydrogen) atoms. The van der Waals surface area contributed by atoms with Crippen molar-refractivity contribution in [1.82, 2.24) is 5.06 Å². The van der Waals surface area contributed by atoms with Crippen molar-refractivity contribution < 1.29 is 18.4 Å². The van der Waals surface area contributed by atoms with Crippen molar-refractivity contribution in [2.24, 2.45) is 11.8 Å². The molecule has 1 aliphatic rings. The van der Waals surface area contributed by atoms with Gasteiger partial charge in [0, 0.05) is 11.1 Å². The summed E-state index contributed by atoms with van der Waals surface area (Å²) in [7, 11) is 0. The molecule has 1 radical (unpaired) electrons. The number of benzene rings is 2. The largest absolute Gasteiger partial charge is 0.416 e. The summed E-state index contributed by atoms with van der Waals surface area (Å²) >= 11 is 0. The van der Waals surface area contributed by atoms with Crippen molar-refractivity contribution in [2.45, 2.75) is 64.7 Å². The molecule has 0 saturated carbocycles. The molecule has 167 valence electrons. The van der Waals surface area contributed by atoms with Crippen molar-refractivity contribution in [1.29, 1.82) is 0 Å². The molecule has 2 aromatic carbocycles. The van der Waals surface area contributed by atoms with Crippen LogP contribution in [-0.2, 0) is 11.4 Å². The Bertz CT molecular complexity index is 896. The van der Waals surface area contributed by atoms with E-state index in [-0.39, 0.29) is 11.8 Å². The van der Waals surface area contributed by atoms with Crippen LogP contribution in [0.25, 0.3) is 11.6 Å². The van der Waals surface area contributed by atoms with Crippen molar-refractivity contribution in [3.8, 4) is 0 Å². The van der Waals surface area contributed by atoms with E-state index < -0.39 is 22.8 Å². The number of hydroxylamine groups is 2. The third kappa shape index (κ3) is 5.21. The Morgan fingerprint density at radius 1 is 0.968 bits per heavy atom. The van der Waals surface area contributed by atoms with Crippen molar-refractivity contribution in [2.75, 3.05) is 0 Å². The third-order valence-corrected chi connectivity index (χ3v) is 6.49. The highest BCUT2D eigenvalue weighted by Crippen LogP contribution is 2.46. The predicted octanol–water partition coefficient (Wildman–Crippen LogP) is 7.50. The molecule has 3 rings (SSSR count). The zero-order valence-corrected chi connectivity index (χ0v) is 18.8. The Kier molecular flexibility index (Phi) is 6.41. The summed E-state index contributed by atoms with van der Waals surface area (Å²) < 4.78 is 38.9. The SMILES string of the molecule is CC(/C(=C/c1ccc(C(F)(F)F)cc1)c1ccccc1)C1CC(C)(C)N([O])C(C)(C)C1. The van der Waals surface area contributed by atoms with Crippen LogP contribution in [0.3, 0.4) is 0 Å². The molecule has 0 bridgehead atoms. The maximum absolute atomic E-state index is 13.0. The average molecular weight is 431 g/mol. The van der Waals surface area contributed by atoms with E-state index in [1.54, 1.807) is 0 Å². The van der Waals surface area contributed by atoms with E-state index in [4.69, 9.17) is 0 Å². The molecule has 1 aliphatic heterocycles. The van der Waals surface area contributed by atoms with Gasteiger partial charge >= 0.3 is 6.18 Å². The minimum absolute atomic E-state index is 0.136. The Hall–Kier alpha value is -2.11. The molecule has 0 spiro atoms. The van der Waals surface area contributed by atoms with Crippen LogP contribution in [-0.4, -0.2) is 16.1 Å². The van der Waals surface area contributed by atoms with E-state index in [2.05, 4.69) is 6.92 Å². The van der Waals surface area contributed by atoms with Crippen LogP contribution in [0.4, 0.5) is 13.2 Å². The van der Waals surface area contributed by atoms with Crippen molar-refractivity contribution in [3.05, 3.63) is 71.3 Å². The molecular weight excluding hydrogens is 399 g/mol. The summed E-state index contributed by atoms with van der Waals surface area (Å²) in [6, 6.07) is 15.2. The smallest absolute Gasteiger partial charge is 0.166 e. The second-order valence-electron chi connectivity index (χ2n) is 9.96. The standard InChI is InChI=1S/C26H31F3NO/c1-18(21-16-24(2,3)30(31)25(4,5)17-21)23(20-9-7-6-8-10-20)15-19-11-13-22(14-12-19)26(27,28)29/h6-15,18,21H,16-17H2,1-5H3/b23-15-. The fourth-order valence-electron chi connectivity index (χ4n) is 5.00. The first-order valence-electron chi connectivity index (χ1n) is 10.7. The number of allylic oxidation sites excluding steroid dienone is 1. The molecule has 0 aliphatic carbocycles. The van der Waals surface area contributed by atoms with Gasteiger partial charge in [-0.3, -0.25) is 0 Å². The van der Waals surface area contributed by atoms with E-state index in [1.807, 2.05) is 64.1 Å². The summed E-state index contributed by atoms with van der Waals surface area (Å²) in [4.78, 5) is 0. The highest BCUT2D eigenvalue weighted by atomic mass is 19.4. The molecule has 0 aromatic heterocycles. The van der Waals surface area contributed by atoms with Crippen LogP contribution in [0, 0.1) is 11.8 Å². The average Bonchev–Trinajstić information content (AvgIpc) is 2.69. The van der Waals surface area contributed by atoms with Gasteiger partial charge in [0.2, 0.25) is 0 Å². The van der Waals surface area contributed by atoms with E-state index in [0.29, 0.717) is 0 Å². The first kappa shape index (κ1) is 23.6. The Morgan fingerprint density at radius 2 is 1.48 bits per heavy atom. The molecule has 1 unspecified atom stereocenters. The lowest BCUT2D eigenvalue weighted by molar-refractivity contribution is -0.295. The number of hydrogen-bond acceptors (Lipinski definition) is 1. The quantitative estimate of drug-likeness (QED) is 0.461. The van der Waals surface area contributed by atoms with Crippen molar-refractivity contribution in [3.63, 3.8) is 0 Å². The maximum atomic E-state index is 13.0. The molecule has 0 amide bonds. The minimum atomic E-state index is -4.35. The van der Waals surface area contributed by atoms with Crippen LogP contribution >= 0.6 is 0 Å². The first-order valence-corrected chi connectivity index (χ1v) is 10.7. The topological polar surface area (TPSA) is 23.1 Å². The number of nitrogens with zero attached hydrogens (tertiary/aromatic N) is 1. The summed E-state index contributed by atoms with van der Waals surface area (Å²) in [5.74, 6) is 0.410. The van der Waals surface area contributed by atoms with Crippen LogP contribution in [0.5, 0.6) is 0 Å². The highest BCUT2D eigenvalue weighted by Gasteiger charge is 2.47. The van der Waals surface area contributed by atoms with Gasteiger partial charge in [-0.15, -0.1) is 10.3 Å². The fraction of sp³-hybridized carbons (Fsp3) is 0.462. The Labute approximate surface area is 183 Å². The number of halogens is 3. The van der Waals surface area contributed by atoms with Gasteiger partial charge in [-0.25, -0.2) is 0 Å². The van der Waals surface area contributed by atoms with Gasteiger partial charge in [-0.05, 0) is 81.2 Å². The molecule has 0 N–H and O–H groups in total. The second-order valence-corrected chi connectivity index (χ2v) is 9.96. The van der Waals surface area contributed by atoms with E-state index in [0.717, 1.165) is 41.7 Å². The first-order chi connectivity index (χ1) is 14.3. The van der Waals surface area contributed by atoms with E-state index in [9.17, 15) is 18.4 Å². The van der Waals surface area contributed by atoms with Crippen molar-refractivity contribution >= 4 is 11.6 Å². The van der Waals surface area contributed by atoms with E-state index in [1.165, 1.54) is 17.2 Å². The van der Waals surface area contributed by atoms with Gasteiger partial charge < -0.3 is 0 Å². The molecular formula is C26H31F3NO. The van der Waals surface area contributed by atoms with Crippen LogP contribution < -0.4 is 0 Å². The third-order valence-electron chi connectivity index (χ3n) is 6.49. The minimum Gasteiger partial charge on any atom is -0.166 e. The Balaban J connectivity index is 1.99. The molecule has 2 aromatic rings. The highest BCUT2D eigenvalue weighted by molar-refractivity contribution is 5.82. The Morgan fingerprint density at radius 3 is 1.97 bits per heavy atom. The van der Waals surface area contributed by atoms with Crippen LogP contribution in [0.15, 0.2) is 54.6 Å². The number of piperidine rings is 1. The van der Waals surface area contributed by atoms with Crippen LogP contribution in [0.2, 0.25) is 0 Å². The lowest BCUT2D eigenvalue weighted by atomic mass is 9.68. The summed E-state index contributed by atoms with van der Waals surface area (Å²) in [5, 5.41) is 14.0. The second kappa shape index (κ2) is 8.44. The summed E-state index contributed by atoms with van der Waals surface area (Å²) in [6.45, 7) is 10.1. The lowest BCUT2D eigenvalue weighted by Crippen LogP contribution is -2.58. The van der Waals surface area contributed by atoms with Gasteiger partial charge in [0.1, 0.15) is 0 Å². The van der Waals surface area contributed by atoms with Gasteiger partial charge in [0.25, 0.3) is 0 Å². The normalized spacial score (nSPS) is 21.1. The lowest BCUT2D eigenvalue weighted by Gasteiger charge is -2.51. The van der Waals surface area contributed by atoms with Gasteiger partial charge in [0.05, 0.1) is 5.56 Å². The zero-order chi connectivity index (χ0) is 23.0. The number of rotatable bonds is 4. The maximum Gasteiger partial charge on any atom is 0.416 e. The molecule has 2 nitrogen and oxygen atoms in total. The summed E-state index contributed by atoms with van der Waals surface area (Å²) in [6.07, 6.45) is -0.832. The van der Waals surface area contributed by atoms with Crippen LogP contribution in [0.1, 0.15) is 64.2 Å². The zero-order valence-electron chi connectivity index (χ0n) is 18.8. The predicted molar refractivity (Wildman–Crippen MR) is 118 cm³/mol. The number of alkyl halides is 3. The monoisotopic (exact) mass is 430 g/mol. The molecule has 1 heterocycles. The van der Waals surface area contributed by atoms with Gasteiger partial charge in [-0.1, -0.05) is 55.5 Å². The van der Waals surface area contributed by atoms with E-state index >= 15 is 0 Å². The molecule has 1 atom stereocenters. The van der Waals surface area contributed by atoms with Gasteiger partial charge in [-0.2, -0.15) is 13.2 Å². The summed E-state index contributed by atoms with van der Waals surface area (Å²) in [5.41, 5.74) is 1.27. The molecule has 1 saturated heterocycles. The number of hydrogen-bond donors (Lipinski definition) is 0. The fourth-order valence-corrected chi connectivity index (χ4v) is 5.00. The molecule has 1 fully saturated rings. The molecule has 5 heteroatoms. The van der Waals surface area contributed by atoms with Gasteiger partial charge in [0.15, 0.2) is 0 Å².